The fourth-order valence-electron chi connectivity index (χ4n) is 3.55. The number of hydrogen-bond acceptors (Lipinski definition) is 5. The number of carboxylic acids is 1. The molecule has 2 unspecified atom stereocenters. The van der Waals surface area contributed by atoms with E-state index in [2.05, 4.69) is 10.3 Å². The number of fused-ring (bicyclic) bond motifs is 1. The second-order valence-corrected chi connectivity index (χ2v) is 6.85. The van der Waals surface area contributed by atoms with E-state index in [1.807, 2.05) is 0 Å². The molecule has 1 fully saturated rings. The molecule has 0 radical (unpaired) electrons. The van der Waals surface area contributed by atoms with Crippen LogP contribution < -0.4 is 10.1 Å². The average Bonchev–Trinajstić information content (AvgIpc) is 3.01. The molecular weight excluding hydrogens is 340 g/mol. The van der Waals surface area contributed by atoms with E-state index in [9.17, 15) is 19.5 Å². The normalized spacial score (nSPS) is 20.5. The van der Waals surface area contributed by atoms with Crippen molar-refractivity contribution in [3.63, 3.8) is 0 Å². The van der Waals surface area contributed by atoms with E-state index in [0.717, 1.165) is 0 Å². The predicted molar refractivity (Wildman–Crippen MR) is 93.2 cm³/mol. The van der Waals surface area contributed by atoms with Crippen LogP contribution in [0.1, 0.15) is 24.3 Å². The molecule has 1 heterocycles. The number of ether oxygens (including phenoxy) is 2. The number of carboxylic acid groups (broad SMARTS) is 1. The molecule has 1 aliphatic rings. The van der Waals surface area contributed by atoms with Crippen LogP contribution in [0.5, 0.6) is 5.75 Å². The molecule has 3 N–H and O–H groups in total. The number of aliphatic carboxylic acids is 1. The molecular formula is C18H20N2O6. The number of amides is 1. The van der Waals surface area contributed by atoms with Crippen molar-refractivity contribution >= 4 is 34.4 Å². The number of esters is 1. The Morgan fingerprint density at radius 2 is 1.88 bits per heavy atom. The van der Waals surface area contributed by atoms with Crippen molar-refractivity contribution in [1.29, 1.82) is 0 Å². The first-order chi connectivity index (χ1) is 12.2. The molecule has 1 aliphatic carbocycles. The summed E-state index contributed by atoms with van der Waals surface area (Å²) < 4.78 is 10.1. The van der Waals surface area contributed by atoms with Gasteiger partial charge in [0.25, 0.3) is 0 Å². The van der Waals surface area contributed by atoms with Gasteiger partial charge in [-0.25, -0.2) is 4.79 Å². The molecule has 2 atom stereocenters. The van der Waals surface area contributed by atoms with Gasteiger partial charge in [0.15, 0.2) is 0 Å². The van der Waals surface area contributed by atoms with Gasteiger partial charge in [0.2, 0.25) is 5.91 Å². The lowest BCUT2D eigenvalue weighted by Gasteiger charge is -2.09. The highest BCUT2D eigenvalue weighted by atomic mass is 16.5. The summed E-state index contributed by atoms with van der Waals surface area (Å²) in [5, 5.41) is 12.5. The van der Waals surface area contributed by atoms with Crippen molar-refractivity contribution in [2.24, 2.45) is 17.3 Å². The van der Waals surface area contributed by atoms with Crippen molar-refractivity contribution < 1.29 is 29.0 Å². The molecule has 0 bridgehead atoms. The van der Waals surface area contributed by atoms with Gasteiger partial charge in [-0.15, -0.1) is 0 Å². The Morgan fingerprint density at radius 3 is 2.42 bits per heavy atom. The number of benzene rings is 1. The Balaban J connectivity index is 2.05. The van der Waals surface area contributed by atoms with Crippen LogP contribution in [0.4, 0.5) is 5.69 Å². The number of aromatic amines is 1. The third-order valence-corrected chi connectivity index (χ3v) is 5.02. The van der Waals surface area contributed by atoms with Crippen LogP contribution in [-0.4, -0.2) is 42.2 Å². The standard InChI is InChI=1S/C18H20N2O6/c1-18(2)11(12(18)16(22)23)15(21)20-13-10-8(6-5-7-9(10)25-3)19-14(13)17(24)26-4/h5-7,11-12,19H,1-4H3,(H,20,21)(H,22,23). The van der Waals surface area contributed by atoms with Gasteiger partial charge >= 0.3 is 11.9 Å². The van der Waals surface area contributed by atoms with Gasteiger partial charge in [-0.2, -0.15) is 0 Å². The Hall–Kier alpha value is -3.03. The van der Waals surface area contributed by atoms with Gasteiger partial charge < -0.3 is 24.9 Å². The second-order valence-electron chi connectivity index (χ2n) is 6.85. The van der Waals surface area contributed by atoms with Crippen molar-refractivity contribution in [2.75, 3.05) is 19.5 Å². The third kappa shape index (κ3) is 2.58. The summed E-state index contributed by atoms with van der Waals surface area (Å²) in [7, 11) is 2.72. The average molecular weight is 360 g/mol. The fourth-order valence-corrected chi connectivity index (χ4v) is 3.55. The quantitative estimate of drug-likeness (QED) is 0.704. The number of carbonyl (C=O) groups excluding carboxylic acids is 2. The number of rotatable bonds is 5. The van der Waals surface area contributed by atoms with Gasteiger partial charge in [-0.1, -0.05) is 19.9 Å². The van der Waals surface area contributed by atoms with E-state index >= 15 is 0 Å². The molecule has 1 saturated carbocycles. The van der Waals surface area contributed by atoms with E-state index < -0.39 is 35.1 Å². The molecule has 0 saturated heterocycles. The van der Waals surface area contributed by atoms with Gasteiger partial charge in [0.05, 0.1) is 42.6 Å². The predicted octanol–water partition coefficient (Wildman–Crippen LogP) is 2.26. The van der Waals surface area contributed by atoms with E-state index in [1.165, 1.54) is 14.2 Å². The highest BCUT2D eigenvalue weighted by molar-refractivity contribution is 6.14. The fraction of sp³-hybridized carbons (Fsp3) is 0.389. The molecule has 138 valence electrons. The van der Waals surface area contributed by atoms with Gasteiger partial charge in [0.1, 0.15) is 11.4 Å². The zero-order valence-corrected chi connectivity index (χ0v) is 14.9. The van der Waals surface area contributed by atoms with Crippen molar-refractivity contribution in [3.8, 4) is 5.75 Å². The van der Waals surface area contributed by atoms with Gasteiger partial charge in [-0.3, -0.25) is 9.59 Å². The monoisotopic (exact) mass is 360 g/mol. The summed E-state index contributed by atoms with van der Waals surface area (Å²) in [6.07, 6.45) is 0. The third-order valence-electron chi connectivity index (χ3n) is 5.02. The van der Waals surface area contributed by atoms with Crippen LogP contribution >= 0.6 is 0 Å². The van der Waals surface area contributed by atoms with Gasteiger partial charge in [0, 0.05) is 0 Å². The minimum atomic E-state index is -1.01. The maximum atomic E-state index is 12.7. The van der Waals surface area contributed by atoms with E-state index in [1.54, 1.807) is 32.0 Å². The number of aromatic nitrogens is 1. The van der Waals surface area contributed by atoms with E-state index in [4.69, 9.17) is 9.47 Å². The molecule has 1 aromatic heterocycles. The molecule has 8 heteroatoms. The molecule has 1 aromatic carbocycles. The number of anilines is 1. The first-order valence-electron chi connectivity index (χ1n) is 8.04. The number of H-pyrrole nitrogens is 1. The van der Waals surface area contributed by atoms with Crippen LogP contribution in [0.3, 0.4) is 0 Å². The van der Waals surface area contributed by atoms with E-state index in [-0.39, 0.29) is 11.4 Å². The number of nitrogens with one attached hydrogen (secondary N) is 2. The number of hydrogen-bond donors (Lipinski definition) is 3. The van der Waals surface area contributed by atoms with Gasteiger partial charge in [-0.05, 0) is 17.5 Å². The molecule has 0 spiro atoms. The zero-order valence-electron chi connectivity index (χ0n) is 14.9. The van der Waals surface area contributed by atoms with E-state index in [0.29, 0.717) is 16.7 Å². The Kier molecular flexibility index (Phi) is 4.14. The minimum Gasteiger partial charge on any atom is -0.496 e. The summed E-state index contributed by atoms with van der Waals surface area (Å²) in [5.41, 5.74) is 0.231. The molecule has 26 heavy (non-hydrogen) atoms. The minimum absolute atomic E-state index is 0.0747. The molecule has 3 rings (SSSR count). The first-order valence-corrected chi connectivity index (χ1v) is 8.04. The SMILES string of the molecule is COC(=O)c1[nH]c2cccc(OC)c2c1NC(=O)C1C(C(=O)O)C1(C)C. The smallest absolute Gasteiger partial charge is 0.356 e. The second kappa shape index (κ2) is 6.05. The molecule has 2 aromatic rings. The zero-order chi connectivity index (χ0) is 19.2. The lowest BCUT2D eigenvalue weighted by atomic mass is 10.1. The van der Waals surface area contributed by atoms with Crippen LogP contribution in [-0.2, 0) is 14.3 Å². The molecule has 0 aliphatic heterocycles. The number of methoxy groups -OCH3 is 2. The van der Waals surface area contributed by atoms with Crippen LogP contribution in [0.25, 0.3) is 10.9 Å². The molecule has 8 nitrogen and oxygen atoms in total. The highest BCUT2D eigenvalue weighted by Crippen LogP contribution is 2.58. The van der Waals surface area contributed by atoms with Crippen LogP contribution in [0, 0.1) is 17.3 Å². The summed E-state index contributed by atoms with van der Waals surface area (Å²) >= 11 is 0. The van der Waals surface area contributed by atoms with Crippen molar-refractivity contribution in [1.82, 2.24) is 4.98 Å². The summed E-state index contributed by atoms with van der Waals surface area (Å²) in [6.45, 7) is 3.46. The maximum Gasteiger partial charge on any atom is 0.356 e. The van der Waals surface area contributed by atoms with Crippen molar-refractivity contribution in [3.05, 3.63) is 23.9 Å². The highest BCUT2D eigenvalue weighted by Gasteiger charge is 2.66. The number of carbonyl (C=O) groups is 3. The Labute approximate surface area is 149 Å². The lowest BCUT2D eigenvalue weighted by Crippen LogP contribution is -2.19. The summed E-state index contributed by atoms with van der Waals surface area (Å²) in [5.74, 6) is -3.11. The van der Waals surface area contributed by atoms with Crippen molar-refractivity contribution in [2.45, 2.75) is 13.8 Å². The largest absolute Gasteiger partial charge is 0.496 e. The Bertz CT molecular complexity index is 914. The lowest BCUT2D eigenvalue weighted by molar-refractivity contribution is -0.140. The topological polar surface area (TPSA) is 118 Å². The summed E-state index contributed by atoms with van der Waals surface area (Å²) in [4.78, 5) is 39.1. The van der Waals surface area contributed by atoms with Crippen LogP contribution in [0.2, 0.25) is 0 Å². The first kappa shape index (κ1) is 17.8. The molecule has 1 amide bonds. The summed E-state index contributed by atoms with van der Waals surface area (Å²) in [6, 6.07) is 5.18. The maximum absolute atomic E-state index is 12.7. The van der Waals surface area contributed by atoms with Crippen LogP contribution in [0.15, 0.2) is 18.2 Å². The Morgan fingerprint density at radius 1 is 1.19 bits per heavy atom.